The van der Waals surface area contributed by atoms with Crippen molar-refractivity contribution in [3.05, 3.63) is 0 Å². The first kappa shape index (κ1) is 17.5. The molecular formula is C14H25FN2O4. The number of carbonyl (C=O) groups is 2. The molecule has 21 heavy (non-hydrogen) atoms. The molecule has 0 aliphatic heterocycles. The zero-order chi connectivity index (χ0) is 16.1. The van der Waals surface area contributed by atoms with Gasteiger partial charge < -0.3 is 20.1 Å². The molecule has 0 saturated heterocycles. The first-order valence-corrected chi connectivity index (χ1v) is 7.01. The largest absolute Gasteiger partial charge is 0.453 e. The number of carbonyl (C=O) groups excluding carboxylic acids is 2. The minimum absolute atomic E-state index is 0.00153. The van der Waals surface area contributed by atoms with Gasteiger partial charge in [-0.3, -0.25) is 0 Å². The predicted molar refractivity (Wildman–Crippen MR) is 75.5 cm³/mol. The van der Waals surface area contributed by atoms with Crippen LogP contribution in [0.4, 0.5) is 14.0 Å². The van der Waals surface area contributed by atoms with Crippen LogP contribution in [-0.2, 0) is 9.47 Å². The molecule has 0 bridgehead atoms. The minimum Gasteiger partial charge on any atom is -0.453 e. The summed E-state index contributed by atoms with van der Waals surface area (Å²) in [5.41, 5.74) is -0.179. The Morgan fingerprint density at radius 2 is 1.90 bits per heavy atom. The molecule has 1 saturated carbocycles. The third-order valence-electron chi connectivity index (χ3n) is 3.80. The predicted octanol–water partition coefficient (Wildman–Crippen LogP) is 2.58. The second kappa shape index (κ2) is 6.95. The van der Waals surface area contributed by atoms with Crippen LogP contribution < -0.4 is 10.6 Å². The third-order valence-corrected chi connectivity index (χ3v) is 3.80. The molecule has 1 aliphatic carbocycles. The van der Waals surface area contributed by atoms with Gasteiger partial charge in [0.15, 0.2) is 0 Å². The molecule has 0 aromatic rings. The Morgan fingerprint density at radius 3 is 2.48 bits per heavy atom. The second-order valence-electron chi connectivity index (χ2n) is 6.79. The molecule has 0 spiro atoms. The summed E-state index contributed by atoms with van der Waals surface area (Å²) < 4.78 is 20.9. The van der Waals surface area contributed by atoms with E-state index >= 15 is 0 Å². The van der Waals surface area contributed by atoms with Gasteiger partial charge in [0, 0.05) is 12.6 Å². The highest BCUT2D eigenvalue weighted by atomic mass is 19.1. The first-order chi connectivity index (χ1) is 9.69. The monoisotopic (exact) mass is 304 g/mol. The van der Waals surface area contributed by atoms with E-state index in [1.54, 1.807) is 0 Å². The summed E-state index contributed by atoms with van der Waals surface area (Å²) in [6, 6.07) is -0.114. The second-order valence-corrected chi connectivity index (χ2v) is 6.79. The molecule has 1 aliphatic rings. The van der Waals surface area contributed by atoms with Crippen LogP contribution in [0.2, 0.25) is 0 Å². The van der Waals surface area contributed by atoms with E-state index in [0.29, 0.717) is 13.0 Å². The standard InChI is InChI=1S/C14H25FN2O4/c1-13(2)5-10(17-12(19)21-9-15)6-14(3,7-13)8-16-11(18)20-4/h10H,5-9H2,1-4H3,(H,16,18)(H,17,19). The summed E-state index contributed by atoms with van der Waals surface area (Å²) >= 11 is 0. The molecular weight excluding hydrogens is 279 g/mol. The highest BCUT2D eigenvalue weighted by Crippen LogP contribution is 2.45. The first-order valence-electron chi connectivity index (χ1n) is 7.01. The number of amides is 2. The van der Waals surface area contributed by atoms with Gasteiger partial charge >= 0.3 is 12.2 Å². The van der Waals surface area contributed by atoms with Crippen molar-refractivity contribution in [1.82, 2.24) is 10.6 Å². The van der Waals surface area contributed by atoms with Crippen molar-refractivity contribution in [2.24, 2.45) is 10.8 Å². The fourth-order valence-corrected chi connectivity index (χ4v) is 3.49. The molecule has 7 heteroatoms. The van der Waals surface area contributed by atoms with Crippen LogP contribution in [0.25, 0.3) is 0 Å². The van der Waals surface area contributed by atoms with Crippen molar-refractivity contribution in [2.45, 2.75) is 46.1 Å². The lowest BCUT2D eigenvalue weighted by Gasteiger charge is -2.46. The van der Waals surface area contributed by atoms with Crippen LogP contribution in [0.15, 0.2) is 0 Å². The Morgan fingerprint density at radius 1 is 1.24 bits per heavy atom. The van der Waals surface area contributed by atoms with E-state index in [1.165, 1.54) is 7.11 Å². The number of methoxy groups -OCH3 is 1. The maximum Gasteiger partial charge on any atom is 0.409 e. The number of hydrogen-bond acceptors (Lipinski definition) is 4. The maximum atomic E-state index is 12.0. The molecule has 122 valence electrons. The fourth-order valence-electron chi connectivity index (χ4n) is 3.49. The lowest BCUT2D eigenvalue weighted by atomic mass is 9.62. The quantitative estimate of drug-likeness (QED) is 0.837. The molecule has 6 nitrogen and oxygen atoms in total. The third kappa shape index (κ3) is 5.77. The van der Waals surface area contributed by atoms with E-state index in [1.807, 2.05) is 0 Å². The van der Waals surface area contributed by atoms with E-state index in [2.05, 4.69) is 40.9 Å². The summed E-state index contributed by atoms with van der Waals surface area (Å²) in [6.45, 7) is 5.59. The molecule has 0 aromatic carbocycles. The van der Waals surface area contributed by atoms with Gasteiger partial charge in [0.25, 0.3) is 0 Å². The zero-order valence-corrected chi connectivity index (χ0v) is 13.1. The number of rotatable bonds is 4. The van der Waals surface area contributed by atoms with Gasteiger partial charge in [0.1, 0.15) is 0 Å². The molecule has 0 aromatic heterocycles. The summed E-state index contributed by atoms with van der Waals surface area (Å²) in [4.78, 5) is 22.6. The number of ether oxygens (including phenoxy) is 2. The molecule has 0 heterocycles. The SMILES string of the molecule is COC(=O)NCC1(C)CC(NC(=O)OCF)CC(C)(C)C1. The van der Waals surface area contributed by atoms with Crippen molar-refractivity contribution in [2.75, 3.05) is 20.5 Å². The average molecular weight is 304 g/mol. The number of nitrogens with one attached hydrogen (secondary N) is 2. The molecule has 2 amide bonds. The smallest absolute Gasteiger partial charge is 0.409 e. The van der Waals surface area contributed by atoms with Crippen molar-refractivity contribution < 1.29 is 23.5 Å². The van der Waals surface area contributed by atoms with Crippen molar-refractivity contribution in [1.29, 1.82) is 0 Å². The highest BCUT2D eigenvalue weighted by Gasteiger charge is 2.42. The molecule has 2 N–H and O–H groups in total. The van der Waals surface area contributed by atoms with E-state index in [-0.39, 0.29) is 16.9 Å². The van der Waals surface area contributed by atoms with Gasteiger partial charge in [-0.1, -0.05) is 20.8 Å². The summed E-state index contributed by atoms with van der Waals surface area (Å²) in [7, 11) is 1.32. The van der Waals surface area contributed by atoms with Gasteiger partial charge in [-0.2, -0.15) is 0 Å². The topological polar surface area (TPSA) is 76.7 Å². The van der Waals surface area contributed by atoms with E-state index in [0.717, 1.165) is 12.8 Å². The lowest BCUT2D eigenvalue weighted by molar-refractivity contribution is 0.0559. The van der Waals surface area contributed by atoms with Gasteiger partial charge in [-0.05, 0) is 30.1 Å². The van der Waals surface area contributed by atoms with E-state index in [9.17, 15) is 14.0 Å². The van der Waals surface area contributed by atoms with Gasteiger partial charge in [-0.25, -0.2) is 14.0 Å². The van der Waals surface area contributed by atoms with Crippen molar-refractivity contribution in [3.8, 4) is 0 Å². The van der Waals surface area contributed by atoms with Gasteiger partial charge in [0.05, 0.1) is 7.11 Å². The molecule has 2 atom stereocenters. The number of hydrogen-bond donors (Lipinski definition) is 2. The molecule has 2 unspecified atom stereocenters. The Balaban J connectivity index is 2.67. The Labute approximate surface area is 124 Å². The van der Waals surface area contributed by atoms with Crippen molar-refractivity contribution >= 4 is 12.2 Å². The molecule has 1 rings (SSSR count). The lowest BCUT2D eigenvalue weighted by Crippen LogP contribution is -2.50. The summed E-state index contributed by atoms with van der Waals surface area (Å²) in [5.74, 6) is 0. The minimum atomic E-state index is -1.14. The van der Waals surface area contributed by atoms with Crippen LogP contribution in [0, 0.1) is 10.8 Å². The van der Waals surface area contributed by atoms with E-state index in [4.69, 9.17) is 0 Å². The van der Waals surface area contributed by atoms with Crippen LogP contribution in [0.5, 0.6) is 0 Å². The summed E-state index contributed by atoms with van der Waals surface area (Å²) in [5, 5.41) is 5.40. The summed E-state index contributed by atoms with van der Waals surface area (Å²) in [6.07, 6.45) is 1.15. The van der Waals surface area contributed by atoms with E-state index < -0.39 is 19.0 Å². The number of alkyl halides is 1. The number of alkyl carbamates (subject to hydrolysis) is 2. The zero-order valence-electron chi connectivity index (χ0n) is 13.1. The molecule has 0 radical (unpaired) electrons. The van der Waals surface area contributed by atoms with Crippen LogP contribution >= 0.6 is 0 Å². The average Bonchev–Trinajstić information content (AvgIpc) is 2.33. The van der Waals surface area contributed by atoms with Crippen LogP contribution in [-0.4, -0.2) is 38.7 Å². The van der Waals surface area contributed by atoms with Gasteiger partial charge in [-0.15, -0.1) is 0 Å². The van der Waals surface area contributed by atoms with Crippen LogP contribution in [0.3, 0.4) is 0 Å². The normalized spacial score (nSPS) is 27.6. The fraction of sp³-hybridized carbons (Fsp3) is 0.857. The Hall–Kier alpha value is -1.53. The Kier molecular flexibility index (Phi) is 5.80. The maximum absolute atomic E-state index is 12.0. The number of halogens is 1. The Bertz CT molecular complexity index is 389. The highest BCUT2D eigenvalue weighted by molar-refractivity contribution is 5.67. The van der Waals surface area contributed by atoms with Crippen molar-refractivity contribution in [3.63, 3.8) is 0 Å². The van der Waals surface area contributed by atoms with Crippen LogP contribution in [0.1, 0.15) is 40.0 Å². The molecule has 1 fully saturated rings. The van der Waals surface area contributed by atoms with Gasteiger partial charge in [0.2, 0.25) is 6.86 Å².